The van der Waals surface area contributed by atoms with E-state index in [2.05, 4.69) is 0 Å². The lowest BCUT2D eigenvalue weighted by Crippen LogP contribution is -2.54. The van der Waals surface area contributed by atoms with Crippen molar-refractivity contribution in [1.82, 2.24) is 0 Å². The number of halogens is 1. The molecule has 0 saturated heterocycles. The molecule has 0 aromatic rings. The molecule has 0 amide bonds. The van der Waals surface area contributed by atoms with Crippen molar-refractivity contribution in [3.8, 4) is 0 Å². The number of aliphatic hydroxyl groups excluding tert-OH is 4. The SMILES string of the molecule is O=C(O)[C@@](O)(Cl)[C@@H](O)[C@H](O)[C@H](O)CO. The van der Waals surface area contributed by atoms with Crippen LogP contribution in [0.4, 0.5) is 0 Å². The molecule has 0 rings (SSSR count). The van der Waals surface area contributed by atoms with E-state index in [-0.39, 0.29) is 0 Å². The highest BCUT2D eigenvalue weighted by molar-refractivity contribution is 6.32. The fraction of sp³-hybridized carbons (Fsp3) is 0.833. The summed E-state index contributed by atoms with van der Waals surface area (Å²) in [6.45, 7) is -0.912. The quantitative estimate of drug-likeness (QED) is 0.278. The van der Waals surface area contributed by atoms with Crippen LogP contribution in [0.25, 0.3) is 0 Å². The van der Waals surface area contributed by atoms with Gasteiger partial charge < -0.3 is 30.6 Å². The lowest BCUT2D eigenvalue weighted by Gasteiger charge is -2.28. The van der Waals surface area contributed by atoms with Crippen LogP contribution in [0.2, 0.25) is 0 Å². The highest BCUT2D eigenvalue weighted by Crippen LogP contribution is 2.20. The molecule has 0 heterocycles. The third-order valence-corrected chi connectivity index (χ3v) is 1.98. The van der Waals surface area contributed by atoms with Gasteiger partial charge in [0.1, 0.15) is 18.3 Å². The van der Waals surface area contributed by atoms with Crippen LogP contribution in [-0.2, 0) is 4.79 Å². The standard InChI is InChI=1S/C6H11ClO7/c7-6(14,5(12)13)4(11)3(10)2(9)1-8/h2-4,8-11,14H,1H2,(H,12,13)/t2-,3-,4+,6-/m1/s1. The Labute approximate surface area is 83.8 Å². The second-order valence-corrected chi connectivity index (χ2v) is 3.24. The molecule has 0 saturated carbocycles. The molecule has 0 bridgehead atoms. The Morgan fingerprint density at radius 3 is 2.07 bits per heavy atom. The molecular weight excluding hydrogens is 220 g/mol. The summed E-state index contributed by atoms with van der Waals surface area (Å²) in [6.07, 6.45) is -6.20. The zero-order valence-electron chi connectivity index (χ0n) is 6.91. The molecule has 0 radical (unpaired) electrons. The number of alkyl halides is 1. The molecule has 6 N–H and O–H groups in total. The molecule has 0 aromatic heterocycles. The minimum Gasteiger partial charge on any atom is -0.478 e. The first-order valence-corrected chi connectivity index (χ1v) is 3.92. The van der Waals surface area contributed by atoms with E-state index in [0.29, 0.717) is 0 Å². The highest BCUT2D eigenvalue weighted by Gasteiger charge is 2.47. The summed E-state index contributed by atoms with van der Waals surface area (Å²) in [5.74, 6) is -1.98. The predicted molar refractivity (Wildman–Crippen MR) is 43.5 cm³/mol. The summed E-state index contributed by atoms with van der Waals surface area (Å²) in [5.41, 5.74) is 0. The molecular formula is C6H11ClO7. The first-order valence-electron chi connectivity index (χ1n) is 3.54. The number of hydrogen-bond acceptors (Lipinski definition) is 6. The number of rotatable bonds is 5. The van der Waals surface area contributed by atoms with Gasteiger partial charge in [0.25, 0.3) is 5.06 Å². The molecule has 4 atom stereocenters. The summed E-state index contributed by atoms with van der Waals surface area (Å²) in [6, 6.07) is 0. The van der Waals surface area contributed by atoms with Gasteiger partial charge in [0, 0.05) is 0 Å². The predicted octanol–water partition coefficient (Wildman–Crippen LogP) is -2.93. The van der Waals surface area contributed by atoms with Gasteiger partial charge in [-0.25, -0.2) is 4.79 Å². The molecule has 0 aliphatic rings. The molecule has 0 aliphatic heterocycles. The minimum absolute atomic E-state index is 0.912. The average molecular weight is 231 g/mol. The van der Waals surface area contributed by atoms with Crippen LogP contribution >= 0.6 is 11.6 Å². The van der Waals surface area contributed by atoms with Crippen molar-refractivity contribution >= 4 is 17.6 Å². The maximum absolute atomic E-state index is 10.3. The van der Waals surface area contributed by atoms with E-state index >= 15 is 0 Å². The van der Waals surface area contributed by atoms with Crippen LogP contribution in [0.15, 0.2) is 0 Å². The maximum Gasteiger partial charge on any atom is 0.354 e. The van der Waals surface area contributed by atoms with Crippen molar-refractivity contribution in [1.29, 1.82) is 0 Å². The molecule has 14 heavy (non-hydrogen) atoms. The van der Waals surface area contributed by atoms with Gasteiger partial charge in [-0.1, -0.05) is 11.6 Å². The van der Waals surface area contributed by atoms with Gasteiger partial charge in [0.2, 0.25) is 0 Å². The lowest BCUT2D eigenvalue weighted by atomic mass is 10.0. The number of hydrogen-bond donors (Lipinski definition) is 6. The summed E-state index contributed by atoms with van der Waals surface area (Å²) < 4.78 is 0. The van der Waals surface area contributed by atoms with E-state index in [9.17, 15) is 4.79 Å². The van der Waals surface area contributed by atoms with Crippen LogP contribution in [-0.4, -0.2) is 66.6 Å². The lowest BCUT2D eigenvalue weighted by molar-refractivity contribution is -0.172. The van der Waals surface area contributed by atoms with Crippen LogP contribution in [0.5, 0.6) is 0 Å². The van der Waals surface area contributed by atoms with E-state index < -0.39 is 35.9 Å². The van der Waals surface area contributed by atoms with Crippen molar-refractivity contribution in [3.05, 3.63) is 0 Å². The van der Waals surface area contributed by atoms with Crippen LogP contribution in [0.1, 0.15) is 0 Å². The van der Waals surface area contributed by atoms with Crippen LogP contribution in [0, 0.1) is 0 Å². The molecule has 0 unspecified atom stereocenters. The summed E-state index contributed by atoms with van der Waals surface area (Å²) in [4.78, 5) is 10.3. The van der Waals surface area contributed by atoms with Crippen molar-refractivity contribution in [2.45, 2.75) is 23.4 Å². The van der Waals surface area contributed by atoms with E-state index in [0.717, 1.165) is 0 Å². The highest BCUT2D eigenvalue weighted by atomic mass is 35.5. The van der Waals surface area contributed by atoms with E-state index in [1.54, 1.807) is 0 Å². The Balaban J connectivity index is 4.60. The summed E-state index contributed by atoms with van der Waals surface area (Å²) >= 11 is 4.97. The Morgan fingerprint density at radius 2 is 1.79 bits per heavy atom. The number of aliphatic carboxylic acids is 1. The Bertz CT molecular complexity index is 206. The van der Waals surface area contributed by atoms with Gasteiger partial charge in [-0.15, -0.1) is 0 Å². The first-order chi connectivity index (χ1) is 6.25. The molecule has 0 fully saturated rings. The Kier molecular flexibility index (Phi) is 4.72. The fourth-order valence-electron chi connectivity index (χ4n) is 0.671. The van der Waals surface area contributed by atoms with Crippen LogP contribution < -0.4 is 0 Å². The zero-order valence-corrected chi connectivity index (χ0v) is 7.66. The number of carboxylic acids is 1. The van der Waals surface area contributed by atoms with E-state index in [1.807, 2.05) is 0 Å². The summed E-state index contributed by atoms with van der Waals surface area (Å²) in [7, 11) is 0. The van der Waals surface area contributed by atoms with Crippen LogP contribution in [0.3, 0.4) is 0 Å². The third kappa shape index (κ3) is 2.77. The largest absolute Gasteiger partial charge is 0.478 e. The van der Waals surface area contributed by atoms with Gasteiger partial charge in [-0.05, 0) is 0 Å². The second-order valence-electron chi connectivity index (χ2n) is 2.66. The number of aliphatic hydroxyl groups is 5. The van der Waals surface area contributed by atoms with E-state index in [4.69, 9.17) is 42.2 Å². The smallest absolute Gasteiger partial charge is 0.354 e. The zero-order chi connectivity index (χ0) is 11.5. The van der Waals surface area contributed by atoms with Crippen molar-refractivity contribution in [3.63, 3.8) is 0 Å². The normalized spacial score (nSPS) is 22.1. The second kappa shape index (κ2) is 4.87. The molecule has 84 valence electrons. The maximum atomic E-state index is 10.3. The third-order valence-electron chi connectivity index (χ3n) is 1.60. The fourth-order valence-corrected chi connectivity index (χ4v) is 0.800. The molecule has 0 spiro atoms. The van der Waals surface area contributed by atoms with Gasteiger partial charge in [0.05, 0.1) is 6.61 Å². The number of carboxylic acid groups (broad SMARTS) is 1. The van der Waals surface area contributed by atoms with Gasteiger partial charge in [0.15, 0.2) is 0 Å². The van der Waals surface area contributed by atoms with Crippen molar-refractivity contribution in [2.75, 3.05) is 6.61 Å². The van der Waals surface area contributed by atoms with Gasteiger partial charge in [-0.3, -0.25) is 0 Å². The Morgan fingerprint density at radius 1 is 1.36 bits per heavy atom. The molecule has 7 nitrogen and oxygen atoms in total. The first kappa shape index (κ1) is 13.6. The topological polar surface area (TPSA) is 138 Å². The molecule has 8 heteroatoms. The number of carbonyl (C=O) groups is 1. The average Bonchev–Trinajstić information content (AvgIpc) is 2.13. The summed E-state index contributed by atoms with van der Waals surface area (Å²) in [5, 5.41) is 49.4. The molecule has 0 aromatic carbocycles. The van der Waals surface area contributed by atoms with Crippen molar-refractivity contribution in [2.24, 2.45) is 0 Å². The van der Waals surface area contributed by atoms with Gasteiger partial charge in [-0.2, -0.15) is 0 Å². The molecule has 0 aliphatic carbocycles. The monoisotopic (exact) mass is 230 g/mol. The Hall–Kier alpha value is -0.440. The van der Waals surface area contributed by atoms with Gasteiger partial charge >= 0.3 is 5.97 Å². The minimum atomic E-state index is -3.12. The van der Waals surface area contributed by atoms with E-state index in [1.165, 1.54) is 0 Å². The van der Waals surface area contributed by atoms with Crippen molar-refractivity contribution < 1.29 is 35.4 Å².